The second kappa shape index (κ2) is 5.73. The van der Waals surface area contributed by atoms with E-state index in [0.29, 0.717) is 5.82 Å². The number of carbonyl (C=O) groups is 1. The molecule has 7 nitrogen and oxygen atoms in total. The van der Waals surface area contributed by atoms with E-state index in [0.717, 1.165) is 0 Å². The van der Waals surface area contributed by atoms with Gasteiger partial charge in [-0.15, -0.1) is 0 Å². The Morgan fingerprint density at radius 1 is 1.42 bits per heavy atom. The molecule has 0 fully saturated rings. The number of nitrogens with zero attached hydrogens (tertiary/aromatic N) is 2. The molecule has 0 aliphatic rings. The van der Waals surface area contributed by atoms with Gasteiger partial charge >= 0.3 is 0 Å². The lowest BCUT2D eigenvalue weighted by atomic mass is 10.1. The van der Waals surface area contributed by atoms with Crippen LogP contribution in [0.25, 0.3) is 0 Å². The van der Waals surface area contributed by atoms with Crippen molar-refractivity contribution in [3.8, 4) is 5.88 Å². The van der Waals surface area contributed by atoms with Crippen LogP contribution >= 0.6 is 0 Å². The highest BCUT2D eigenvalue weighted by Crippen LogP contribution is 2.24. The number of amides is 1. The molecular weight excluding hydrogens is 246 g/mol. The van der Waals surface area contributed by atoms with Crippen molar-refractivity contribution in [3.63, 3.8) is 0 Å². The summed E-state index contributed by atoms with van der Waals surface area (Å²) in [6.45, 7) is 7.48. The first-order chi connectivity index (χ1) is 8.74. The Kier molecular flexibility index (Phi) is 4.52. The minimum absolute atomic E-state index is 0.135. The largest absolute Gasteiger partial charge is 0.479 e. The summed E-state index contributed by atoms with van der Waals surface area (Å²) in [4.78, 5) is 19.8. The third kappa shape index (κ3) is 4.27. The van der Waals surface area contributed by atoms with Crippen molar-refractivity contribution in [3.05, 3.63) is 6.33 Å². The zero-order valence-electron chi connectivity index (χ0n) is 11.9. The van der Waals surface area contributed by atoms with E-state index in [1.807, 2.05) is 20.8 Å². The van der Waals surface area contributed by atoms with Crippen molar-refractivity contribution in [2.45, 2.75) is 39.3 Å². The van der Waals surface area contributed by atoms with Gasteiger partial charge in [0.1, 0.15) is 18.1 Å². The van der Waals surface area contributed by atoms with Crippen LogP contribution in [0.4, 0.5) is 11.5 Å². The average Bonchev–Trinajstić information content (AvgIpc) is 2.29. The summed E-state index contributed by atoms with van der Waals surface area (Å²) >= 11 is 0. The minimum Gasteiger partial charge on any atom is -0.479 e. The quantitative estimate of drug-likeness (QED) is 0.745. The van der Waals surface area contributed by atoms with Crippen LogP contribution < -0.4 is 21.1 Å². The summed E-state index contributed by atoms with van der Waals surface area (Å²) in [5.41, 5.74) is 5.81. The highest BCUT2D eigenvalue weighted by Gasteiger charge is 2.20. The van der Waals surface area contributed by atoms with Crippen molar-refractivity contribution >= 4 is 17.4 Å². The maximum Gasteiger partial charge on any atom is 0.242 e. The van der Waals surface area contributed by atoms with Crippen molar-refractivity contribution in [1.82, 2.24) is 15.3 Å². The van der Waals surface area contributed by atoms with Gasteiger partial charge in [-0.05, 0) is 27.7 Å². The third-order valence-electron chi connectivity index (χ3n) is 2.29. The number of hydrogen-bond donors (Lipinski definition) is 3. The van der Waals surface area contributed by atoms with Crippen LogP contribution in [0.3, 0.4) is 0 Å². The Labute approximate surface area is 113 Å². The first kappa shape index (κ1) is 15.0. The molecule has 0 saturated carbocycles. The maximum atomic E-state index is 11.9. The Balaban J connectivity index is 2.77. The average molecular weight is 267 g/mol. The van der Waals surface area contributed by atoms with Gasteiger partial charge < -0.3 is 21.1 Å². The molecule has 1 rings (SSSR count). The van der Waals surface area contributed by atoms with Gasteiger partial charge in [0, 0.05) is 5.54 Å². The topological polar surface area (TPSA) is 102 Å². The van der Waals surface area contributed by atoms with Crippen LogP contribution in [0, 0.1) is 0 Å². The second-order valence-electron chi connectivity index (χ2n) is 5.25. The van der Waals surface area contributed by atoms with Crippen molar-refractivity contribution < 1.29 is 9.53 Å². The van der Waals surface area contributed by atoms with Gasteiger partial charge in [0.05, 0.1) is 7.11 Å². The molecule has 0 spiro atoms. The number of hydrogen-bond acceptors (Lipinski definition) is 6. The van der Waals surface area contributed by atoms with Crippen LogP contribution in [0.2, 0.25) is 0 Å². The Hall–Kier alpha value is -2.05. The van der Waals surface area contributed by atoms with Gasteiger partial charge in [-0.2, -0.15) is 4.98 Å². The van der Waals surface area contributed by atoms with E-state index >= 15 is 0 Å². The summed E-state index contributed by atoms with van der Waals surface area (Å²) < 4.78 is 4.99. The molecule has 1 unspecified atom stereocenters. The van der Waals surface area contributed by atoms with Gasteiger partial charge in [0.15, 0.2) is 5.82 Å². The van der Waals surface area contributed by atoms with E-state index in [4.69, 9.17) is 10.5 Å². The molecule has 19 heavy (non-hydrogen) atoms. The molecule has 1 atom stereocenters. The molecule has 0 aliphatic heterocycles. The lowest BCUT2D eigenvalue weighted by Crippen LogP contribution is -2.47. The highest BCUT2D eigenvalue weighted by molar-refractivity contribution is 5.85. The lowest BCUT2D eigenvalue weighted by Gasteiger charge is -2.24. The number of aromatic nitrogens is 2. The van der Waals surface area contributed by atoms with Crippen molar-refractivity contribution in [1.29, 1.82) is 0 Å². The summed E-state index contributed by atoms with van der Waals surface area (Å²) in [7, 11) is 1.47. The first-order valence-corrected chi connectivity index (χ1v) is 5.97. The Morgan fingerprint density at radius 2 is 2.05 bits per heavy atom. The SMILES string of the molecule is COc1ncnc(NC(C)C(=O)NC(C)(C)C)c1N. The van der Waals surface area contributed by atoms with Gasteiger partial charge in [-0.3, -0.25) is 4.79 Å². The molecule has 1 amide bonds. The van der Waals surface area contributed by atoms with E-state index in [1.54, 1.807) is 6.92 Å². The molecule has 4 N–H and O–H groups in total. The van der Waals surface area contributed by atoms with Crippen molar-refractivity contribution in [2.24, 2.45) is 0 Å². The maximum absolute atomic E-state index is 11.9. The number of methoxy groups -OCH3 is 1. The number of nitrogens with one attached hydrogen (secondary N) is 2. The summed E-state index contributed by atoms with van der Waals surface area (Å²) in [6.07, 6.45) is 1.33. The molecule has 106 valence electrons. The first-order valence-electron chi connectivity index (χ1n) is 5.97. The molecule has 1 aromatic rings. The fourth-order valence-electron chi connectivity index (χ4n) is 1.41. The number of nitrogens with two attached hydrogens (primary N) is 1. The molecule has 7 heteroatoms. The Morgan fingerprint density at radius 3 is 2.58 bits per heavy atom. The molecule has 1 heterocycles. The van der Waals surface area contributed by atoms with Crippen molar-refractivity contribution in [2.75, 3.05) is 18.2 Å². The number of carbonyl (C=O) groups excluding carboxylic acids is 1. The number of ether oxygens (including phenoxy) is 1. The van der Waals surface area contributed by atoms with Gasteiger partial charge in [-0.25, -0.2) is 4.98 Å². The third-order valence-corrected chi connectivity index (χ3v) is 2.29. The van der Waals surface area contributed by atoms with E-state index in [2.05, 4.69) is 20.6 Å². The zero-order chi connectivity index (χ0) is 14.6. The molecule has 0 radical (unpaired) electrons. The van der Waals surface area contributed by atoms with Gasteiger partial charge in [-0.1, -0.05) is 0 Å². The Bertz CT molecular complexity index is 456. The van der Waals surface area contributed by atoms with Crippen LogP contribution in [0.15, 0.2) is 6.33 Å². The van der Waals surface area contributed by atoms with Crippen LogP contribution in [-0.4, -0.2) is 34.6 Å². The fourth-order valence-corrected chi connectivity index (χ4v) is 1.41. The minimum atomic E-state index is -0.471. The van der Waals surface area contributed by atoms with Crippen LogP contribution in [0.5, 0.6) is 5.88 Å². The molecule has 0 aromatic carbocycles. The zero-order valence-corrected chi connectivity index (χ0v) is 11.9. The highest BCUT2D eigenvalue weighted by atomic mass is 16.5. The summed E-state index contributed by atoms with van der Waals surface area (Å²) in [6, 6.07) is -0.471. The standard InChI is InChI=1S/C12H21N5O2/c1-7(10(18)17-12(2,3)4)16-9-8(13)11(19-5)15-6-14-9/h6-7H,13H2,1-5H3,(H,17,18)(H,14,15,16). The molecule has 0 aliphatic carbocycles. The summed E-state index contributed by atoms with van der Waals surface area (Å²) in [5, 5.41) is 5.81. The molecule has 0 bridgehead atoms. The second-order valence-corrected chi connectivity index (χ2v) is 5.25. The van der Waals surface area contributed by atoms with Gasteiger partial charge in [0.25, 0.3) is 0 Å². The number of rotatable bonds is 4. The number of anilines is 2. The predicted octanol–water partition coefficient (Wildman–Crippen LogP) is 0.782. The molecular formula is C12H21N5O2. The lowest BCUT2D eigenvalue weighted by molar-refractivity contribution is -0.122. The monoisotopic (exact) mass is 267 g/mol. The molecule has 1 aromatic heterocycles. The predicted molar refractivity (Wildman–Crippen MR) is 74.0 cm³/mol. The normalized spacial score (nSPS) is 12.7. The molecule has 0 saturated heterocycles. The van der Waals surface area contributed by atoms with E-state index < -0.39 is 6.04 Å². The van der Waals surface area contributed by atoms with Crippen LogP contribution in [-0.2, 0) is 4.79 Å². The van der Waals surface area contributed by atoms with E-state index in [1.165, 1.54) is 13.4 Å². The smallest absolute Gasteiger partial charge is 0.242 e. The summed E-state index contributed by atoms with van der Waals surface area (Å²) in [5.74, 6) is 0.522. The number of nitrogen functional groups attached to an aromatic ring is 1. The fraction of sp³-hybridized carbons (Fsp3) is 0.583. The van der Waals surface area contributed by atoms with E-state index in [9.17, 15) is 4.79 Å². The van der Waals surface area contributed by atoms with E-state index in [-0.39, 0.29) is 23.0 Å². The van der Waals surface area contributed by atoms with Crippen LogP contribution in [0.1, 0.15) is 27.7 Å². The van der Waals surface area contributed by atoms with Gasteiger partial charge in [0.2, 0.25) is 11.8 Å².